The number of ether oxygens (including phenoxy) is 1. The van der Waals surface area contributed by atoms with Gasteiger partial charge in [-0.25, -0.2) is 9.97 Å². The highest BCUT2D eigenvalue weighted by atomic mass is 35.5. The van der Waals surface area contributed by atoms with Gasteiger partial charge < -0.3 is 9.64 Å². The molecule has 7 heteroatoms. The average molecular weight is 361 g/mol. The van der Waals surface area contributed by atoms with Gasteiger partial charge in [-0.3, -0.25) is 4.98 Å². The molecule has 1 fully saturated rings. The first kappa shape index (κ1) is 15.6. The molecule has 0 aliphatic carbocycles. The van der Waals surface area contributed by atoms with Crippen molar-refractivity contribution in [3.63, 3.8) is 0 Å². The van der Waals surface area contributed by atoms with Crippen molar-refractivity contribution in [2.45, 2.75) is 12.8 Å². The molecule has 1 aliphatic rings. The molecule has 0 aromatic carbocycles. The van der Waals surface area contributed by atoms with E-state index < -0.39 is 0 Å². The van der Waals surface area contributed by atoms with Crippen LogP contribution in [0, 0.1) is 5.92 Å². The molecule has 5 nitrogen and oxygen atoms in total. The summed E-state index contributed by atoms with van der Waals surface area (Å²) in [5.74, 6) is 0.962. The maximum Gasteiger partial charge on any atom is 0.232 e. The van der Waals surface area contributed by atoms with E-state index in [4.69, 9.17) is 21.3 Å². The Balaban J connectivity index is 1.43. The molecule has 0 N–H and O–H groups in total. The van der Waals surface area contributed by atoms with E-state index in [9.17, 15) is 0 Å². The maximum absolute atomic E-state index is 6.10. The van der Waals surface area contributed by atoms with Gasteiger partial charge in [0.25, 0.3) is 0 Å². The van der Waals surface area contributed by atoms with E-state index in [1.807, 2.05) is 18.5 Å². The summed E-state index contributed by atoms with van der Waals surface area (Å²) in [6, 6.07) is 5.62. The first-order valence-electron chi connectivity index (χ1n) is 7.98. The van der Waals surface area contributed by atoms with Crippen LogP contribution in [0.3, 0.4) is 0 Å². The molecule has 3 aromatic heterocycles. The number of thiazole rings is 1. The predicted molar refractivity (Wildman–Crippen MR) is 97.1 cm³/mol. The molecule has 0 radical (unpaired) electrons. The molecule has 0 spiro atoms. The van der Waals surface area contributed by atoms with Crippen LogP contribution in [-0.2, 0) is 0 Å². The summed E-state index contributed by atoms with van der Waals surface area (Å²) in [5, 5.41) is 1.63. The van der Waals surface area contributed by atoms with Gasteiger partial charge in [-0.2, -0.15) is 0 Å². The Morgan fingerprint density at radius 1 is 1.33 bits per heavy atom. The molecule has 0 saturated carbocycles. The fourth-order valence-electron chi connectivity index (χ4n) is 2.95. The zero-order valence-electron chi connectivity index (χ0n) is 13.1. The molecule has 3 aromatic rings. The lowest BCUT2D eigenvalue weighted by Crippen LogP contribution is -2.37. The van der Waals surface area contributed by atoms with E-state index >= 15 is 0 Å². The molecule has 1 unspecified atom stereocenters. The highest BCUT2D eigenvalue weighted by molar-refractivity contribution is 7.22. The SMILES string of the molecule is Clc1cccnc1OCC1CCCN(c2nc3cnccc3s2)C1. The topological polar surface area (TPSA) is 51.1 Å². The van der Waals surface area contributed by atoms with Gasteiger partial charge in [0.05, 0.1) is 17.5 Å². The van der Waals surface area contributed by atoms with Crippen LogP contribution in [0.1, 0.15) is 12.8 Å². The van der Waals surface area contributed by atoms with Crippen LogP contribution >= 0.6 is 22.9 Å². The first-order chi connectivity index (χ1) is 11.8. The number of nitrogens with zero attached hydrogens (tertiary/aromatic N) is 4. The van der Waals surface area contributed by atoms with Crippen LogP contribution in [-0.4, -0.2) is 34.6 Å². The Morgan fingerprint density at radius 2 is 2.29 bits per heavy atom. The molecule has 1 aliphatic heterocycles. The molecule has 4 heterocycles. The van der Waals surface area contributed by atoms with E-state index in [0.717, 1.165) is 36.6 Å². The quantitative estimate of drug-likeness (QED) is 0.703. The number of pyridine rings is 2. The molecular weight excluding hydrogens is 344 g/mol. The Labute approximate surface area is 149 Å². The summed E-state index contributed by atoms with van der Waals surface area (Å²) in [6.45, 7) is 2.60. The lowest BCUT2D eigenvalue weighted by atomic mass is 9.99. The molecular formula is C17H17ClN4OS. The second kappa shape index (κ2) is 6.91. The second-order valence-electron chi connectivity index (χ2n) is 5.90. The van der Waals surface area contributed by atoms with Crippen molar-refractivity contribution < 1.29 is 4.74 Å². The van der Waals surface area contributed by atoms with E-state index in [2.05, 4.69) is 14.9 Å². The summed E-state index contributed by atoms with van der Waals surface area (Å²) in [5.41, 5.74) is 0.969. The number of hydrogen-bond acceptors (Lipinski definition) is 6. The molecule has 0 bridgehead atoms. The smallest absolute Gasteiger partial charge is 0.232 e. The highest BCUT2D eigenvalue weighted by Gasteiger charge is 2.23. The fraction of sp³-hybridized carbons (Fsp3) is 0.353. The summed E-state index contributed by atoms with van der Waals surface area (Å²) in [7, 11) is 0. The van der Waals surface area contributed by atoms with Crippen molar-refractivity contribution in [1.29, 1.82) is 0 Å². The van der Waals surface area contributed by atoms with Crippen molar-refractivity contribution in [2.24, 2.45) is 5.92 Å². The third-order valence-corrected chi connectivity index (χ3v) is 5.53. The molecule has 24 heavy (non-hydrogen) atoms. The van der Waals surface area contributed by atoms with Gasteiger partial charge in [0.15, 0.2) is 5.13 Å². The average Bonchev–Trinajstić information content (AvgIpc) is 3.06. The minimum absolute atomic E-state index is 0.446. The number of anilines is 1. The van der Waals surface area contributed by atoms with Crippen molar-refractivity contribution in [2.75, 3.05) is 24.6 Å². The lowest BCUT2D eigenvalue weighted by molar-refractivity contribution is 0.222. The maximum atomic E-state index is 6.10. The van der Waals surface area contributed by atoms with Crippen LogP contribution in [0.4, 0.5) is 5.13 Å². The number of piperidine rings is 1. The van der Waals surface area contributed by atoms with E-state index in [1.54, 1.807) is 29.7 Å². The zero-order chi connectivity index (χ0) is 16.4. The highest BCUT2D eigenvalue weighted by Crippen LogP contribution is 2.31. The summed E-state index contributed by atoms with van der Waals surface area (Å²) in [6.07, 6.45) is 7.62. The zero-order valence-corrected chi connectivity index (χ0v) is 14.6. The van der Waals surface area contributed by atoms with Crippen molar-refractivity contribution in [3.05, 3.63) is 41.8 Å². The van der Waals surface area contributed by atoms with E-state index in [0.29, 0.717) is 23.4 Å². The van der Waals surface area contributed by atoms with Crippen LogP contribution in [0.2, 0.25) is 5.02 Å². The van der Waals surface area contributed by atoms with Crippen LogP contribution in [0.25, 0.3) is 10.2 Å². The van der Waals surface area contributed by atoms with Gasteiger partial charge in [0, 0.05) is 31.4 Å². The number of aromatic nitrogens is 3. The third-order valence-electron chi connectivity index (χ3n) is 4.15. The van der Waals surface area contributed by atoms with Crippen molar-refractivity contribution >= 4 is 38.3 Å². The molecule has 1 atom stereocenters. The van der Waals surface area contributed by atoms with E-state index in [-0.39, 0.29) is 0 Å². The van der Waals surface area contributed by atoms with Crippen molar-refractivity contribution in [1.82, 2.24) is 15.0 Å². The Bertz CT molecular complexity index is 807. The van der Waals surface area contributed by atoms with Crippen LogP contribution in [0.5, 0.6) is 5.88 Å². The molecule has 124 valence electrons. The molecule has 0 amide bonds. The monoisotopic (exact) mass is 360 g/mol. The third kappa shape index (κ3) is 3.30. The number of halogens is 1. The standard InChI is InChI=1S/C17H17ClN4OS/c18-13-4-1-6-20-16(13)23-11-12-3-2-8-22(10-12)17-21-14-9-19-7-5-15(14)24-17/h1,4-7,9,12H,2-3,8,10-11H2. The lowest BCUT2D eigenvalue weighted by Gasteiger charge is -2.32. The fourth-order valence-corrected chi connectivity index (χ4v) is 4.10. The number of rotatable bonds is 4. The summed E-state index contributed by atoms with van der Waals surface area (Å²) in [4.78, 5) is 15.4. The Hall–Kier alpha value is -1.92. The van der Waals surface area contributed by atoms with Gasteiger partial charge in [0.2, 0.25) is 5.88 Å². The van der Waals surface area contributed by atoms with Crippen LogP contribution < -0.4 is 9.64 Å². The normalized spacial score (nSPS) is 18.0. The number of hydrogen-bond donors (Lipinski definition) is 0. The van der Waals surface area contributed by atoms with Gasteiger partial charge in [0.1, 0.15) is 10.5 Å². The summed E-state index contributed by atoms with van der Waals surface area (Å²) >= 11 is 7.82. The van der Waals surface area contributed by atoms with Gasteiger partial charge in [-0.05, 0) is 31.0 Å². The predicted octanol–water partition coefficient (Wildman–Crippen LogP) is 4.04. The van der Waals surface area contributed by atoms with Crippen LogP contribution in [0.15, 0.2) is 36.8 Å². The largest absolute Gasteiger partial charge is 0.476 e. The minimum atomic E-state index is 0.446. The Kier molecular flexibility index (Phi) is 4.49. The Morgan fingerprint density at radius 3 is 3.17 bits per heavy atom. The summed E-state index contributed by atoms with van der Waals surface area (Å²) < 4.78 is 7.00. The second-order valence-corrected chi connectivity index (χ2v) is 7.31. The molecule has 4 rings (SSSR count). The van der Waals surface area contributed by atoms with Gasteiger partial charge in [-0.1, -0.05) is 22.9 Å². The number of fused-ring (bicyclic) bond motifs is 1. The van der Waals surface area contributed by atoms with E-state index in [1.165, 1.54) is 4.70 Å². The van der Waals surface area contributed by atoms with Gasteiger partial charge in [-0.15, -0.1) is 0 Å². The van der Waals surface area contributed by atoms with Gasteiger partial charge >= 0.3 is 0 Å². The first-order valence-corrected chi connectivity index (χ1v) is 9.18. The minimum Gasteiger partial charge on any atom is -0.476 e. The molecule has 1 saturated heterocycles. The van der Waals surface area contributed by atoms with Crippen molar-refractivity contribution in [3.8, 4) is 5.88 Å².